The van der Waals surface area contributed by atoms with E-state index in [1.165, 1.54) is 0 Å². The summed E-state index contributed by atoms with van der Waals surface area (Å²) in [5.41, 5.74) is 7.61. The zero-order chi connectivity index (χ0) is 27.0. The Kier molecular flexibility index (Phi) is 11.1. The molecule has 3 N–H and O–H groups in total. The van der Waals surface area contributed by atoms with Gasteiger partial charge in [0.1, 0.15) is 12.0 Å². The van der Waals surface area contributed by atoms with Gasteiger partial charge in [0.25, 0.3) is 6.01 Å². The summed E-state index contributed by atoms with van der Waals surface area (Å²) in [6.45, 7) is 6.56. The molecule has 36 heavy (non-hydrogen) atoms. The Hall–Kier alpha value is -2.30. The number of sulfone groups is 1. The Bertz CT molecular complexity index is 1200. The van der Waals surface area contributed by atoms with E-state index in [1.54, 1.807) is 13.0 Å². The predicted molar refractivity (Wildman–Crippen MR) is 149 cm³/mol. The van der Waals surface area contributed by atoms with E-state index in [1.807, 2.05) is 38.1 Å². The van der Waals surface area contributed by atoms with Crippen molar-refractivity contribution >= 4 is 48.8 Å². The lowest BCUT2D eigenvalue weighted by Gasteiger charge is -2.19. The molecule has 0 spiro atoms. The summed E-state index contributed by atoms with van der Waals surface area (Å²) in [6, 6.07) is 5.42. The third kappa shape index (κ3) is 8.38. The summed E-state index contributed by atoms with van der Waals surface area (Å²) in [5, 5.41) is 8.00. The molecule has 0 amide bonds. The summed E-state index contributed by atoms with van der Waals surface area (Å²) < 4.78 is 31.1. The van der Waals surface area contributed by atoms with Crippen molar-refractivity contribution in [3.05, 3.63) is 51.8 Å². The molecule has 0 fully saturated rings. The van der Waals surface area contributed by atoms with Crippen molar-refractivity contribution in [3.8, 4) is 0 Å². The van der Waals surface area contributed by atoms with Gasteiger partial charge in [0.2, 0.25) is 5.78 Å². The first kappa shape index (κ1) is 29.9. The van der Waals surface area contributed by atoms with E-state index in [0.717, 1.165) is 36.8 Å². The van der Waals surface area contributed by atoms with Crippen molar-refractivity contribution in [3.63, 3.8) is 0 Å². The smallest absolute Gasteiger partial charge is 0.292 e. The van der Waals surface area contributed by atoms with Crippen LogP contribution >= 0.6 is 15.9 Å². The number of nitrogens with two attached hydrogens (primary N) is 1. The number of nitrogens with one attached hydrogen (secondary N) is 1. The lowest BCUT2D eigenvalue weighted by molar-refractivity contribution is 0.106. The number of benzene rings is 1. The highest BCUT2D eigenvalue weighted by atomic mass is 79.9. The Morgan fingerprint density at radius 1 is 1.31 bits per heavy atom. The van der Waals surface area contributed by atoms with Gasteiger partial charge in [-0.05, 0) is 69.5 Å². The van der Waals surface area contributed by atoms with Crippen LogP contribution in [0.1, 0.15) is 68.1 Å². The molecule has 1 unspecified atom stereocenters. The quantitative estimate of drug-likeness (QED) is 0.231. The van der Waals surface area contributed by atoms with Crippen LogP contribution in [0.25, 0.3) is 5.57 Å². The molecule has 2 atom stereocenters. The van der Waals surface area contributed by atoms with Gasteiger partial charge in [-0.15, -0.1) is 0 Å². The van der Waals surface area contributed by atoms with E-state index in [0.29, 0.717) is 22.9 Å². The average molecular weight is 582 g/mol. The Labute approximate surface area is 222 Å². The molecule has 0 aliphatic rings. The number of carbonyl (C=O) groups excluding carboxylic acids is 1. The van der Waals surface area contributed by atoms with Gasteiger partial charge in [0.05, 0.1) is 11.0 Å². The van der Waals surface area contributed by atoms with E-state index in [-0.39, 0.29) is 29.1 Å². The van der Waals surface area contributed by atoms with Crippen LogP contribution in [0, 0.1) is 11.3 Å². The first-order valence-corrected chi connectivity index (χ1v) is 14.6. The fourth-order valence-corrected chi connectivity index (χ4v) is 6.27. The number of rotatable bonds is 14. The number of aromatic nitrogens is 1. The minimum Gasteiger partial charge on any atom is -0.432 e. The normalized spacial score (nSPS) is 14.1. The minimum absolute atomic E-state index is 0.0192. The second-order valence-corrected chi connectivity index (χ2v) is 12.9. The van der Waals surface area contributed by atoms with Gasteiger partial charge >= 0.3 is 0 Å². The van der Waals surface area contributed by atoms with Crippen LogP contribution in [-0.2, 0) is 9.84 Å². The third-order valence-corrected chi connectivity index (χ3v) is 9.07. The van der Waals surface area contributed by atoms with E-state index in [9.17, 15) is 13.2 Å². The predicted octanol–water partition coefficient (Wildman–Crippen LogP) is 5.23. The van der Waals surface area contributed by atoms with Gasteiger partial charge in [-0.3, -0.25) is 10.2 Å². The van der Waals surface area contributed by atoms with Crippen molar-refractivity contribution < 1.29 is 17.6 Å². The van der Waals surface area contributed by atoms with Gasteiger partial charge in [-0.2, -0.15) is 4.98 Å². The second kappa shape index (κ2) is 13.3. The third-order valence-electron chi connectivity index (χ3n) is 5.88. The van der Waals surface area contributed by atoms with Gasteiger partial charge < -0.3 is 15.1 Å². The van der Waals surface area contributed by atoms with E-state index in [4.69, 9.17) is 15.6 Å². The first-order chi connectivity index (χ1) is 16.9. The van der Waals surface area contributed by atoms with Crippen LogP contribution in [0.15, 0.2) is 39.4 Å². The molecule has 1 heterocycles. The fraction of sp³-hybridized carbons (Fsp3) is 0.500. The number of nitrogens with zero attached hydrogens (tertiary/aromatic N) is 2. The zero-order valence-electron chi connectivity index (χ0n) is 21.7. The maximum Gasteiger partial charge on any atom is 0.292 e. The highest BCUT2D eigenvalue weighted by Gasteiger charge is 2.24. The molecular formula is C26H37BrN4O4S. The molecule has 0 bridgehead atoms. The van der Waals surface area contributed by atoms with Crippen molar-refractivity contribution in [2.75, 3.05) is 32.1 Å². The number of allylic oxidation sites excluding steroid dienone is 2. The maximum atomic E-state index is 12.8. The van der Waals surface area contributed by atoms with Crippen molar-refractivity contribution in [1.29, 1.82) is 5.41 Å². The average Bonchev–Trinajstić information content (AvgIpc) is 3.23. The summed E-state index contributed by atoms with van der Waals surface area (Å²) >= 11 is 3.44. The molecule has 1 aromatic carbocycles. The van der Waals surface area contributed by atoms with Crippen LogP contribution in [0.2, 0.25) is 0 Å². The lowest BCUT2D eigenvalue weighted by atomic mass is 9.95. The lowest BCUT2D eigenvalue weighted by Crippen LogP contribution is -2.29. The number of hydrogen-bond donors (Lipinski definition) is 2. The van der Waals surface area contributed by atoms with E-state index >= 15 is 0 Å². The molecule has 1 aromatic heterocycles. The van der Waals surface area contributed by atoms with Crippen molar-refractivity contribution in [2.45, 2.75) is 51.7 Å². The Balaban J connectivity index is 2.18. The Morgan fingerprint density at radius 3 is 2.58 bits per heavy atom. The molecule has 198 valence electrons. The zero-order valence-corrected chi connectivity index (χ0v) is 24.1. The van der Waals surface area contributed by atoms with Gasteiger partial charge in [-0.1, -0.05) is 48.3 Å². The number of anilines is 1. The summed E-state index contributed by atoms with van der Waals surface area (Å²) in [5.74, 6) is -0.329. The summed E-state index contributed by atoms with van der Waals surface area (Å²) in [7, 11) is 0.704. The van der Waals surface area contributed by atoms with Gasteiger partial charge in [0.15, 0.2) is 15.5 Å². The van der Waals surface area contributed by atoms with Crippen LogP contribution in [0.4, 0.5) is 6.01 Å². The largest absolute Gasteiger partial charge is 0.432 e. The van der Waals surface area contributed by atoms with Crippen LogP contribution < -0.4 is 5.73 Å². The van der Waals surface area contributed by atoms with E-state index in [2.05, 4.69) is 33.9 Å². The highest BCUT2D eigenvalue weighted by molar-refractivity contribution is 9.10. The van der Waals surface area contributed by atoms with Crippen molar-refractivity contribution in [1.82, 2.24) is 9.88 Å². The van der Waals surface area contributed by atoms with Crippen LogP contribution in [0.3, 0.4) is 0 Å². The molecule has 8 nitrogen and oxygen atoms in total. The first-order valence-electron chi connectivity index (χ1n) is 12.1. The fourth-order valence-electron chi connectivity index (χ4n) is 4.10. The molecule has 0 radical (unpaired) electrons. The minimum atomic E-state index is -3.19. The molecule has 0 aliphatic heterocycles. The molecule has 2 aromatic rings. The molecule has 0 aliphatic carbocycles. The SMILES string of the molecule is CCC/C(=C\CC[C@H](C)S(=O)(=O)CC(C)CN(C)C)c1ccc(Br)c(C(=N)C(=O)c2coc(N)n2)c1. The number of ketones is 1. The second-order valence-electron chi connectivity index (χ2n) is 9.53. The van der Waals surface area contributed by atoms with Crippen molar-refractivity contribution in [2.24, 2.45) is 5.92 Å². The molecule has 10 heteroatoms. The van der Waals surface area contributed by atoms with Gasteiger partial charge in [-0.25, -0.2) is 8.42 Å². The molecular weight excluding hydrogens is 544 g/mol. The summed E-state index contributed by atoms with van der Waals surface area (Å²) in [4.78, 5) is 18.5. The monoisotopic (exact) mass is 580 g/mol. The number of carbonyl (C=O) groups is 1. The van der Waals surface area contributed by atoms with Crippen LogP contribution in [0.5, 0.6) is 0 Å². The number of hydrogen-bond acceptors (Lipinski definition) is 8. The number of halogens is 1. The number of oxazole rings is 1. The maximum absolute atomic E-state index is 12.8. The summed E-state index contributed by atoms with van der Waals surface area (Å²) in [6.07, 6.45) is 6.08. The van der Waals surface area contributed by atoms with Crippen LogP contribution in [-0.4, -0.2) is 61.4 Å². The Morgan fingerprint density at radius 2 is 2.00 bits per heavy atom. The molecule has 0 saturated heterocycles. The number of nitrogen functional groups attached to an aromatic ring is 1. The molecule has 2 rings (SSSR count). The molecule has 0 saturated carbocycles. The van der Waals surface area contributed by atoms with E-state index < -0.39 is 20.9 Å². The number of Topliss-reactive ketones (excluding diaryl/α,β-unsaturated/α-hetero) is 1. The topological polar surface area (TPSA) is 130 Å². The van der Waals surface area contributed by atoms with Gasteiger partial charge in [0, 0.05) is 16.6 Å². The standard InChI is InChI=1S/C26H37BrN4O4S/c1-6-8-19(10-7-9-18(3)36(33,34)16-17(2)14-31(4)5)20-11-12-22(27)21(13-20)24(28)25(32)23-15-35-26(29)30-23/h10-13,15,17-18,28H,6-9,14,16H2,1-5H3,(H2,29,30)/b19-10+,28-24?/t17?,18-/m0/s1. The highest BCUT2D eigenvalue weighted by Crippen LogP contribution is 2.28.